The third-order valence-electron chi connectivity index (χ3n) is 4.92. The molecule has 5 heteroatoms. The van der Waals surface area contributed by atoms with E-state index in [9.17, 15) is 8.42 Å². The molecule has 118 valence electrons. The molecule has 0 amide bonds. The van der Waals surface area contributed by atoms with Crippen molar-refractivity contribution in [2.45, 2.75) is 56.7 Å². The first-order valence-electron chi connectivity index (χ1n) is 8.02. The predicted molar refractivity (Wildman–Crippen MR) is 81.6 cm³/mol. The van der Waals surface area contributed by atoms with E-state index in [2.05, 4.69) is 12.2 Å². The van der Waals surface area contributed by atoms with Gasteiger partial charge in [-0.15, -0.1) is 0 Å². The van der Waals surface area contributed by atoms with Crippen LogP contribution in [0.5, 0.6) is 0 Å². The minimum Gasteiger partial charge on any atom is -0.381 e. The highest BCUT2D eigenvalue weighted by atomic mass is 32.2. The van der Waals surface area contributed by atoms with Gasteiger partial charge in [-0.3, -0.25) is 0 Å². The molecule has 1 aliphatic heterocycles. The smallest absolute Gasteiger partial charge is 0.150 e. The van der Waals surface area contributed by atoms with E-state index in [1.807, 2.05) is 0 Å². The van der Waals surface area contributed by atoms with Crippen LogP contribution in [0.1, 0.15) is 45.4 Å². The SMILES string of the molecule is CCNC(C1CCCOC1)C1CCCC(S(C)(=O)=O)C1. The van der Waals surface area contributed by atoms with Crippen LogP contribution < -0.4 is 5.32 Å². The van der Waals surface area contributed by atoms with Crippen molar-refractivity contribution >= 4 is 9.84 Å². The van der Waals surface area contributed by atoms with Gasteiger partial charge in [0, 0.05) is 18.9 Å². The molecule has 0 radical (unpaired) electrons. The normalized spacial score (nSPS) is 33.8. The maximum Gasteiger partial charge on any atom is 0.150 e. The zero-order valence-electron chi connectivity index (χ0n) is 12.8. The first-order chi connectivity index (χ1) is 9.52. The quantitative estimate of drug-likeness (QED) is 0.844. The van der Waals surface area contributed by atoms with E-state index in [1.54, 1.807) is 0 Å². The molecule has 0 aromatic carbocycles. The zero-order valence-corrected chi connectivity index (χ0v) is 13.6. The number of hydrogen-bond donors (Lipinski definition) is 1. The molecule has 1 saturated heterocycles. The highest BCUT2D eigenvalue weighted by Gasteiger charge is 2.36. The first kappa shape index (κ1) is 16.2. The molecule has 4 nitrogen and oxygen atoms in total. The molecule has 0 aromatic heterocycles. The van der Waals surface area contributed by atoms with Gasteiger partial charge in [-0.05, 0) is 50.5 Å². The summed E-state index contributed by atoms with van der Waals surface area (Å²) in [6, 6.07) is 0.421. The first-order valence-corrected chi connectivity index (χ1v) is 9.97. The monoisotopic (exact) mass is 303 g/mol. The Morgan fingerprint density at radius 2 is 1.95 bits per heavy atom. The van der Waals surface area contributed by atoms with Gasteiger partial charge in [0.1, 0.15) is 9.84 Å². The van der Waals surface area contributed by atoms with Crippen LogP contribution in [0.15, 0.2) is 0 Å². The maximum atomic E-state index is 11.8. The Morgan fingerprint density at radius 3 is 2.55 bits per heavy atom. The van der Waals surface area contributed by atoms with Crippen LogP contribution in [0.25, 0.3) is 0 Å². The topological polar surface area (TPSA) is 55.4 Å². The molecule has 2 fully saturated rings. The zero-order chi connectivity index (χ0) is 14.6. The van der Waals surface area contributed by atoms with Gasteiger partial charge in [0.05, 0.1) is 11.9 Å². The average Bonchev–Trinajstić information content (AvgIpc) is 2.45. The number of sulfone groups is 1. The Hall–Kier alpha value is -0.130. The number of nitrogens with one attached hydrogen (secondary N) is 1. The van der Waals surface area contributed by atoms with Gasteiger partial charge in [0.15, 0.2) is 0 Å². The summed E-state index contributed by atoms with van der Waals surface area (Å²) in [5.41, 5.74) is 0. The van der Waals surface area contributed by atoms with E-state index in [1.165, 1.54) is 12.7 Å². The van der Waals surface area contributed by atoms with Crippen LogP contribution in [0.4, 0.5) is 0 Å². The van der Waals surface area contributed by atoms with Gasteiger partial charge >= 0.3 is 0 Å². The van der Waals surface area contributed by atoms with E-state index < -0.39 is 9.84 Å². The molecule has 20 heavy (non-hydrogen) atoms. The molecule has 1 saturated carbocycles. The van der Waals surface area contributed by atoms with E-state index in [-0.39, 0.29) is 5.25 Å². The summed E-state index contributed by atoms with van der Waals surface area (Å²) in [5, 5.41) is 3.49. The van der Waals surface area contributed by atoms with Gasteiger partial charge in [-0.2, -0.15) is 0 Å². The number of hydrogen-bond acceptors (Lipinski definition) is 4. The van der Waals surface area contributed by atoms with Gasteiger partial charge < -0.3 is 10.1 Å². The minimum absolute atomic E-state index is 0.132. The van der Waals surface area contributed by atoms with Crippen molar-refractivity contribution in [3.63, 3.8) is 0 Å². The standard InChI is InChI=1S/C15H29NO3S/c1-3-16-15(13-7-5-9-19-11-13)12-6-4-8-14(10-12)20(2,17)18/h12-16H,3-11H2,1-2H3. The third kappa shape index (κ3) is 4.18. The summed E-state index contributed by atoms with van der Waals surface area (Å²) in [7, 11) is -2.90. The molecule has 1 N–H and O–H groups in total. The fourth-order valence-corrected chi connectivity index (χ4v) is 5.09. The largest absolute Gasteiger partial charge is 0.381 e. The van der Waals surface area contributed by atoms with Crippen LogP contribution in [0.2, 0.25) is 0 Å². The van der Waals surface area contributed by atoms with Crippen molar-refractivity contribution < 1.29 is 13.2 Å². The van der Waals surface area contributed by atoms with Crippen molar-refractivity contribution in [3.05, 3.63) is 0 Å². The fourth-order valence-electron chi connectivity index (χ4n) is 3.90. The second kappa shape index (κ2) is 7.23. The Balaban J connectivity index is 2.04. The van der Waals surface area contributed by atoms with Crippen LogP contribution in [0, 0.1) is 11.8 Å². The highest BCUT2D eigenvalue weighted by Crippen LogP contribution is 2.34. The van der Waals surface area contributed by atoms with Gasteiger partial charge in [0.2, 0.25) is 0 Å². The number of rotatable bonds is 5. The lowest BCUT2D eigenvalue weighted by Crippen LogP contribution is -2.47. The second-order valence-electron chi connectivity index (χ2n) is 6.44. The Kier molecular flexibility index (Phi) is 5.87. The fraction of sp³-hybridized carbons (Fsp3) is 1.00. The molecule has 4 atom stereocenters. The number of ether oxygens (including phenoxy) is 1. The molecule has 0 spiro atoms. The van der Waals surface area contributed by atoms with Crippen molar-refractivity contribution in [1.29, 1.82) is 0 Å². The highest BCUT2D eigenvalue weighted by molar-refractivity contribution is 7.91. The lowest BCUT2D eigenvalue weighted by molar-refractivity contribution is 0.0250. The lowest BCUT2D eigenvalue weighted by atomic mass is 9.77. The van der Waals surface area contributed by atoms with Crippen LogP contribution in [0.3, 0.4) is 0 Å². The van der Waals surface area contributed by atoms with Crippen LogP contribution in [-0.4, -0.2) is 45.7 Å². The molecule has 2 aliphatic rings. The van der Waals surface area contributed by atoms with E-state index in [4.69, 9.17) is 4.74 Å². The van der Waals surface area contributed by atoms with Gasteiger partial charge in [0.25, 0.3) is 0 Å². The van der Waals surface area contributed by atoms with E-state index >= 15 is 0 Å². The van der Waals surface area contributed by atoms with Gasteiger partial charge in [-0.1, -0.05) is 13.3 Å². The summed E-state index contributed by atoms with van der Waals surface area (Å²) < 4.78 is 29.3. The van der Waals surface area contributed by atoms with Crippen molar-refractivity contribution in [2.75, 3.05) is 26.0 Å². The predicted octanol–water partition coefficient (Wildman–Crippen LogP) is 1.99. The average molecular weight is 303 g/mol. The lowest BCUT2D eigenvalue weighted by Gasteiger charge is -2.39. The molecular weight excluding hydrogens is 274 g/mol. The summed E-state index contributed by atoms with van der Waals surface area (Å²) >= 11 is 0. The van der Waals surface area contributed by atoms with Crippen molar-refractivity contribution in [1.82, 2.24) is 5.32 Å². The second-order valence-corrected chi connectivity index (χ2v) is 8.76. The summed E-state index contributed by atoms with van der Waals surface area (Å²) in [4.78, 5) is 0. The third-order valence-corrected chi connectivity index (χ3v) is 6.56. The molecule has 0 aromatic rings. The van der Waals surface area contributed by atoms with Gasteiger partial charge in [-0.25, -0.2) is 8.42 Å². The Labute approximate surface area is 123 Å². The Morgan fingerprint density at radius 1 is 1.20 bits per heavy atom. The summed E-state index contributed by atoms with van der Waals surface area (Å²) in [6.45, 7) is 4.79. The maximum absolute atomic E-state index is 11.8. The van der Waals surface area contributed by atoms with Crippen LogP contribution in [-0.2, 0) is 14.6 Å². The minimum atomic E-state index is -2.90. The van der Waals surface area contributed by atoms with Crippen molar-refractivity contribution in [3.8, 4) is 0 Å². The molecule has 1 heterocycles. The van der Waals surface area contributed by atoms with Crippen LogP contribution >= 0.6 is 0 Å². The van der Waals surface area contributed by atoms with E-state index in [0.717, 1.165) is 51.9 Å². The van der Waals surface area contributed by atoms with Crippen molar-refractivity contribution in [2.24, 2.45) is 11.8 Å². The Bertz CT molecular complexity index is 390. The molecule has 0 bridgehead atoms. The summed E-state index contributed by atoms with van der Waals surface area (Å²) in [6.07, 6.45) is 7.60. The molecule has 4 unspecified atom stereocenters. The summed E-state index contributed by atoms with van der Waals surface area (Å²) in [5.74, 6) is 1.03. The molecule has 2 rings (SSSR count). The molecule has 1 aliphatic carbocycles. The molecular formula is C15H29NO3S. The van der Waals surface area contributed by atoms with E-state index in [0.29, 0.717) is 17.9 Å².